The van der Waals surface area contributed by atoms with E-state index < -0.39 is 0 Å². The zero-order valence-corrected chi connectivity index (χ0v) is 28.4. The number of hydrogen-bond acceptors (Lipinski definition) is 6. The average Bonchev–Trinajstić information content (AvgIpc) is 3.42. The molecule has 1 N–H and O–H groups in total. The number of ether oxygens (including phenoxy) is 2. The summed E-state index contributed by atoms with van der Waals surface area (Å²) in [5.41, 5.74) is 4.73. The highest BCUT2D eigenvalue weighted by Gasteiger charge is 2.27. The molecule has 3 rings (SSSR count). The van der Waals surface area contributed by atoms with E-state index in [1.165, 1.54) is 12.8 Å². The highest BCUT2D eigenvalue weighted by atomic mass is 16.7. The first-order valence-corrected chi connectivity index (χ1v) is 15.5. The van der Waals surface area contributed by atoms with Crippen molar-refractivity contribution in [2.75, 3.05) is 13.2 Å². The highest BCUT2D eigenvalue weighted by molar-refractivity contribution is 5.75. The van der Waals surface area contributed by atoms with Gasteiger partial charge in [-0.3, -0.25) is 4.79 Å². The fourth-order valence-electron chi connectivity index (χ4n) is 3.95. The van der Waals surface area contributed by atoms with Crippen LogP contribution in [0.3, 0.4) is 0 Å². The molecule has 0 aliphatic rings. The lowest BCUT2D eigenvalue weighted by Crippen LogP contribution is -2.17. The van der Waals surface area contributed by atoms with Crippen LogP contribution in [-0.4, -0.2) is 35.9 Å². The van der Waals surface area contributed by atoms with Crippen LogP contribution in [0.1, 0.15) is 122 Å². The second kappa shape index (κ2) is 18.4. The van der Waals surface area contributed by atoms with Crippen molar-refractivity contribution in [2.45, 2.75) is 113 Å². The van der Waals surface area contributed by atoms with Crippen LogP contribution in [-0.2, 0) is 26.7 Å². The number of hydrogen-bond donors (Lipinski definition) is 1. The molecule has 6 heteroatoms. The molecule has 0 amide bonds. The first-order chi connectivity index (χ1) is 20.2. The van der Waals surface area contributed by atoms with E-state index in [4.69, 9.17) is 13.9 Å². The molecule has 0 aliphatic heterocycles. The lowest BCUT2D eigenvalue weighted by Gasteiger charge is -2.27. The lowest BCUT2D eigenvalue weighted by molar-refractivity contribution is -0.123. The Morgan fingerprint density at radius 3 is 1.77 bits per heavy atom. The maximum absolute atomic E-state index is 10.9. The fourth-order valence-corrected chi connectivity index (χ4v) is 3.95. The Bertz CT molecular complexity index is 1200. The molecule has 2 aromatic carbocycles. The topological polar surface area (TPSA) is 81.8 Å². The van der Waals surface area contributed by atoms with Crippen LogP contribution in [0.2, 0.25) is 0 Å². The predicted molar refractivity (Wildman–Crippen MR) is 179 cm³/mol. The molecule has 0 saturated carbocycles. The van der Waals surface area contributed by atoms with Gasteiger partial charge in [0.15, 0.2) is 6.29 Å². The molecular formula is C37H55NO5. The number of rotatable bonds is 10. The number of aromatic nitrogens is 1. The molecule has 0 saturated heterocycles. The first-order valence-electron chi connectivity index (χ1n) is 15.5. The average molecular weight is 594 g/mol. The number of aromatic hydroxyl groups is 1. The molecule has 6 nitrogen and oxygen atoms in total. The standard InChI is InChI=1S/C27H31NO3.C6H14O2.C4H10/c1-26(2,3)22-14-20(15-23(24(22)30)27(4,5)6)25-28-21(17-31-25)9-7-8-18-10-12-19(16-29)13-11-18;1-4-7-6(3)8-5-2;1-3-4-2/h7-8,10-17,30H,9H2,1-6H3;6H,4-5H2,1-3H3;3-4H2,1-2H3/b8-7+;;. The van der Waals surface area contributed by atoms with Gasteiger partial charge >= 0.3 is 0 Å². The Hall–Kier alpha value is -3.22. The van der Waals surface area contributed by atoms with Crippen molar-refractivity contribution in [2.24, 2.45) is 0 Å². The van der Waals surface area contributed by atoms with E-state index in [0.717, 1.165) is 47.4 Å². The Morgan fingerprint density at radius 2 is 1.35 bits per heavy atom. The van der Waals surface area contributed by atoms with Crippen molar-refractivity contribution in [1.29, 1.82) is 0 Å². The highest BCUT2D eigenvalue weighted by Crippen LogP contribution is 2.41. The molecule has 1 heterocycles. The molecule has 0 radical (unpaired) electrons. The van der Waals surface area contributed by atoms with Crippen molar-refractivity contribution < 1.29 is 23.8 Å². The molecule has 0 fully saturated rings. The summed E-state index contributed by atoms with van der Waals surface area (Å²) in [6.07, 6.45) is 9.77. The summed E-state index contributed by atoms with van der Waals surface area (Å²) >= 11 is 0. The predicted octanol–water partition coefficient (Wildman–Crippen LogP) is 9.92. The second-order valence-electron chi connectivity index (χ2n) is 12.4. The van der Waals surface area contributed by atoms with Crippen LogP contribution in [0.4, 0.5) is 0 Å². The summed E-state index contributed by atoms with van der Waals surface area (Å²) in [6, 6.07) is 11.4. The van der Waals surface area contributed by atoms with E-state index in [0.29, 0.717) is 23.6 Å². The number of carbonyl (C=O) groups excluding carboxylic acids is 1. The molecule has 238 valence electrons. The van der Waals surface area contributed by atoms with Crippen molar-refractivity contribution in [3.05, 3.63) is 76.7 Å². The maximum Gasteiger partial charge on any atom is 0.226 e. The van der Waals surface area contributed by atoms with Gasteiger partial charge in [0.2, 0.25) is 5.89 Å². The fraction of sp³-hybridized carbons (Fsp3) is 0.514. The molecule has 0 unspecified atom stereocenters. The third-order valence-corrected chi connectivity index (χ3v) is 6.54. The SMILES string of the molecule is CC(C)(C)c1cc(-c2nc(C/C=C/c3ccc(C=O)cc3)co2)cc(C(C)(C)C)c1O.CCCC.CCOC(C)OCC. The minimum Gasteiger partial charge on any atom is -0.507 e. The number of benzene rings is 2. The lowest BCUT2D eigenvalue weighted by atomic mass is 9.78. The minimum atomic E-state index is -0.211. The molecule has 1 aromatic heterocycles. The summed E-state index contributed by atoms with van der Waals surface area (Å²) in [5, 5.41) is 10.9. The zero-order valence-electron chi connectivity index (χ0n) is 28.4. The summed E-state index contributed by atoms with van der Waals surface area (Å²) in [5.74, 6) is 0.897. The number of allylic oxidation sites excluding steroid dienone is 1. The van der Waals surface area contributed by atoms with Crippen molar-refractivity contribution in [3.63, 3.8) is 0 Å². The number of carbonyl (C=O) groups is 1. The Balaban J connectivity index is 0.000000651. The largest absolute Gasteiger partial charge is 0.507 e. The van der Waals surface area contributed by atoms with Crippen LogP contribution in [0, 0.1) is 0 Å². The summed E-state index contributed by atoms with van der Waals surface area (Å²) in [4.78, 5) is 15.4. The van der Waals surface area contributed by atoms with Crippen molar-refractivity contribution in [3.8, 4) is 17.2 Å². The van der Waals surface area contributed by atoms with E-state index in [1.807, 2.05) is 57.2 Å². The van der Waals surface area contributed by atoms with Crippen LogP contribution in [0.5, 0.6) is 5.75 Å². The molecular weight excluding hydrogens is 538 g/mol. The van der Waals surface area contributed by atoms with Crippen molar-refractivity contribution >= 4 is 12.4 Å². The molecule has 0 bridgehead atoms. The first kappa shape index (κ1) is 37.8. The van der Waals surface area contributed by atoms with Crippen LogP contribution >= 0.6 is 0 Å². The van der Waals surface area contributed by atoms with E-state index in [1.54, 1.807) is 18.4 Å². The van der Waals surface area contributed by atoms with Gasteiger partial charge in [-0.25, -0.2) is 4.98 Å². The second-order valence-corrected chi connectivity index (χ2v) is 12.4. The van der Waals surface area contributed by atoms with Gasteiger partial charge in [0.1, 0.15) is 18.3 Å². The normalized spacial score (nSPS) is 11.6. The summed E-state index contributed by atoms with van der Waals surface area (Å²) in [7, 11) is 0. The van der Waals surface area contributed by atoms with Crippen LogP contribution in [0.15, 0.2) is 53.2 Å². The van der Waals surface area contributed by atoms with Crippen LogP contribution < -0.4 is 0 Å². The van der Waals surface area contributed by atoms with E-state index in [9.17, 15) is 9.90 Å². The van der Waals surface area contributed by atoms with E-state index in [-0.39, 0.29) is 17.1 Å². The van der Waals surface area contributed by atoms with Crippen LogP contribution in [0.25, 0.3) is 17.5 Å². The van der Waals surface area contributed by atoms with Gasteiger partial charge in [0.25, 0.3) is 0 Å². The number of unbranched alkanes of at least 4 members (excludes halogenated alkanes) is 1. The van der Waals surface area contributed by atoms with Gasteiger partial charge in [-0.1, -0.05) is 105 Å². The third-order valence-electron chi connectivity index (χ3n) is 6.54. The quantitative estimate of drug-likeness (QED) is 0.186. The van der Waals surface area contributed by atoms with Gasteiger partial charge in [-0.05, 0) is 49.3 Å². The number of phenolic OH excluding ortho intramolecular Hbond substituents is 1. The smallest absolute Gasteiger partial charge is 0.226 e. The maximum atomic E-state index is 10.9. The monoisotopic (exact) mass is 593 g/mol. The summed E-state index contributed by atoms with van der Waals surface area (Å²) < 4.78 is 15.9. The summed E-state index contributed by atoms with van der Waals surface area (Å²) in [6.45, 7) is 24.1. The zero-order chi connectivity index (χ0) is 32.6. The third kappa shape index (κ3) is 13.3. The van der Waals surface area contributed by atoms with Gasteiger partial charge in [-0.15, -0.1) is 0 Å². The Morgan fingerprint density at radius 1 is 0.860 bits per heavy atom. The number of phenols is 1. The van der Waals surface area contributed by atoms with E-state index in [2.05, 4.69) is 60.4 Å². The van der Waals surface area contributed by atoms with Gasteiger partial charge in [0.05, 0.1) is 5.69 Å². The molecule has 3 aromatic rings. The molecule has 43 heavy (non-hydrogen) atoms. The number of nitrogens with zero attached hydrogens (tertiary/aromatic N) is 1. The van der Waals surface area contributed by atoms with Gasteiger partial charge < -0.3 is 19.0 Å². The number of aldehydes is 1. The molecule has 0 spiro atoms. The molecule has 0 aliphatic carbocycles. The number of oxazole rings is 1. The van der Waals surface area contributed by atoms with E-state index >= 15 is 0 Å². The van der Waals surface area contributed by atoms with Gasteiger partial charge in [0, 0.05) is 41.9 Å². The minimum absolute atomic E-state index is 0.0370. The van der Waals surface area contributed by atoms with Crippen molar-refractivity contribution in [1.82, 2.24) is 4.98 Å². The Labute approximate surface area is 260 Å². The Kier molecular flexibility index (Phi) is 16.2. The van der Waals surface area contributed by atoms with Gasteiger partial charge in [-0.2, -0.15) is 0 Å². The molecule has 0 atom stereocenters.